The topological polar surface area (TPSA) is 228 Å². The lowest BCUT2D eigenvalue weighted by atomic mass is 9.97. The highest BCUT2D eigenvalue weighted by molar-refractivity contribution is 5.76. The van der Waals surface area contributed by atoms with Gasteiger partial charge in [-0.05, 0) is 83.5 Å². The van der Waals surface area contributed by atoms with E-state index in [0.717, 1.165) is 70.6 Å². The molecule has 0 aliphatic carbocycles. The SMILES string of the molecule is CC/C=C\C/C=C\C/C=C\C/C=C\C/C=C\C/C=C\CCCCCCCCCCCCCCCCCCC(=O)NC(COC1OC(CO)C(OC2OC(CO)C(O)C(O)C2O)C(O)C1O)C(O)/C=C/CC/C=C/CCCCCCCCC. The second-order valence-electron chi connectivity index (χ2n) is 22.5. The average molecular weight is 1160 g/mol. The van der Waals surface area contributed by atoms with Crippen LogP contribution in [0.3, 0.4) is 0 Å². The van der Waals surface area contributed by atoms with Crippen LogP contribution in [0.1, 0.15) is 232 Å². The number of nitrogens with one attached hydrogen (secondary N) is 1. The molecule has 2 aliphatic rings. The Morgan fingerprint density at radius 2 is 0.854 bits per heavy atom. The zero-order valence-corrected chi connectivity index (χ0v) is 50.9. The largest absolute Gasteiger partial charge is 0.394 e. The lowest BCUT2D eigenvalue weighted by molar-refractivity contribution is -0.359. The van der Waals surface area contributed by atoms with Gasteiger partial charge in [0.1, 0.15) is 48.8 Å². The number of carbonyl (C=O) groups excluding carboxylic acids is 1. The molecule has 2 aliphatic heterocycles. The molecule has 2 fully saturated rings. The van der Waals surface area contributed by atoms with E-state index < -0.39 is 86.8 Å². The molecule has 14 nitrogen and oxygen atoms in total. The minimum Gasteiger partial charge on any atom is -0.394 e. The maximum Gasteiger partial charge on any atom is 0.220 e. The number of aliphatic hydroxyl groups is 8. The van der Waals surface area contributed by atoms with Gasteiger partial charge in [0.25, 0.3) is 0 Å². The highest BCUT2D eigenvalue weighted by Crippen LogP contribution is 2.30. The van der Waals surface area contributed by atoms with Crippen LogP contribution in [-0.4, -0.2) is 140 Å². The van der Waals surface area contributed by atoms with Crippen molar-refractivity contribution in [3.63, 3.8) is 0 Å². The number of amides is 1. The second-order valence-corrected chi connectivity index (χ2v) is 22.5. The summed E-state index contributed by atoms with van der Waals surface area (Å²) in [5, 5.41) is 87.1. The first kappa shape index (κ1) is 75.0. The third-order valence-corrected chi connectivity index (χ3v) is 15.3. The quantitative estimate of drug-likeness (QED) is 0.0204. The van der Waals surface area contributed by atoms with E-state index in [1.165, 1.54) is 128 Å². The zero-order valence-electron chi connectivity index (χ0n) is 50.9. The maximum atomic E-state index is 13.3. The van der Waals surface area contributed by atoms with Gasteiger partial charge in [-0.25, -0.2) is 0 Å². The Hall–Kier alpha value is -3.09. The summed E-state index contributed by atoms with van der Waals surface area (Å²) in [6, 6.07) is -0.935. The molecule has 12 atom stereocenters. The number of unbranched alkanes of at least 4 members (excludes halogenated alkanes) is 24. The van der Waals surface area contributed by atoms with Crippen molar-refractivity contribution in [2.75, 3.05) is 19.8 Å². The van der Waals surface area contributed by atoms with Gasteiger partial charge in [-0.2, -0.15) is 0 Å². The van der Waals surface area contributed by atoms with Gasteiger partial charge in [0.2, 0.25) is 5.91 Å². The first-order valence-electron chi connectivity index (χ1n) is 32.5. The van der Waals surface area contributed by atoms with Crippen molar-refractivity contribution in [2.45, 2.75) is 306 Å². The van der Waals surface area contributed by atoms with E-state index in [1.54, 1.807) is 6.08 Å². The third-order valence-electron chi connectivity index (χ3n) is 15.3. The second kappa shape index (κ2) is 52.3. The first-order valence-corrected chi connectivity index (χ1v) is 32.5. The van der Waals surface area contributed by atoms with Gasteiger partial charge in [0, 0.05) is 6.42 Å². The summed E-state index contributed by atoms with van der Waals surface area (Å²) < 4.78 is 22.8. The molecular formula is C68H117NO13. The molecule has 0 saturated carbocycles. The first-order chi connectivity index (χ1) is 40.1. The van der Waals surface area contributed by atoms with Crippen molar-refractivity contribution < 1.29 is 64.6 Å². The Morgan fingerprint density at radius 3 is 1.34 bits per heavy atom. The van der Waals surface area contributed by atoms with Crippen LogP contribution in [0, 0.1) is 0 Å². The fourth-order valence-corrected chi connectivity index (χ4v) is 10.1. The van der Waals surface area contributed by atoms with Crippen LogP contribution in [0.15, 0.2) is 97.2 Å². The van der Waals surface area contributed by atoms with Crippen LogP contribution >= 0.6 is 0 Å². The smallest absolute Gasteiger partial charge is 0.220 e. The molecule has 2 saturated heterocycles. The van der Waals surface area contributed by atoms with Crippen LogP contribution in [0.25, 0.3) is 0 Å². The van der Waals surface area contributed by atoms with E-state index in [4.69, 9.17) is 18.9 Å². The van der Waals surface area contributed by atoms with E-state index in [2.05, 4.69) is 104 Å². The Labute approximate surface area is 496 Å². The standard InChI is InChI=1S/C68H117NO13/c1-3-5-7-9-11-13-15-17-18-19-20-21-22-23-24-25-26-27-28-29-30-31-32-33-34-35-36-37-38-40-42-44-46-48-50-52-60(73)69-56(57(72)51-49-47-45-43-41-39-16-14-12-10-8-6-4-2)55-79-67-65(78)63(76)66(59(54-71)81-67)82-68-64(77)62(75)61(74)58(53-70)80-68/h5,7,11,13,17-18,20-21,23-24,26-27,41,43,49,51,56-59,61-68,70-72,74-78H,3-4,6,8-10,12,14-16,19,22,25,28-40,42,44-48,50,52-55H2,1-2H3,(H,69,73)/b7-5-,13-11-,18-17-,21-20-,24-23-,27-26-,43-41+,51-49+. The summed E-state index contributed by atoms with van der Waals surface area (Å²) in [6.45, 7) is 2.65. The van der Waals surface area contributed by atoms with E-state index in [9.17, 15) is 45.6 Å². The average Bonchev–Trinajstić information content (AvgIpc) is 3.56. The fraction of sp³-hybridized carbons (Fsp3) is 0.750. The van der Waals surface area contributed by atoms with E-state index in [-0.39, 0.29) is 18.9 Å². The summed E-state index contributed by atoms with van der Waals surface area (Å²) >= 11 is 0. The minimum atomic E-state index is -1.79. The van der Waals surface area contributed by atoms with Crippen molar-refractivity contribution in [1.29, 1.82) is 0 Å². The van der Waals surface area contributed by atoms with Gasteiger partial charge in [0.05, 0.1) is 32.0 Å². The number of hydrogen-bond acceptors (Lipinski definition) is 13. The van der Waals surface area contributed by atoms with Crippen molar-refractivity contribution in [1.82, 2.24) is 5.32 Å². The van der Waals surface area contributed by atoms with Crippen LogP contribution in [0.5, 0.6) is 0 Å². The van der Waals surface area contributed by atoms with Crippen molar-refractivity contribution in [2.24, 2.45) is 0 Å². The molecule has 0 spiro atoms. The van der Waals surface area contributed by atoms with Gasteiger partial charge in [-0.15, -0.1) is 0 Å². The number of rotatable bonds is 51. The molecule has 12 unspecified atom stereocenters. The Morgan fingerprint density at radius 1 is 0.451 bits per heavy atom. The molecule has 2 heterocycles. The Kier molecular flexibility index (Phi) is 47.8. The molecule has 2 rings (SSSR count). The zero-order chi connectivity index (χ0) is 59.5. The fourth-order valence-electron chi connectivity index (χ4n) is 10.1. The number of hydrogen-bond donors (Lipinski definition) is 9. The van der Waals surface area contributed by atoms with E-state index in [1.807, 2.05) is 6.08 Å². The molecule has 0 aromatic heterocycles. The van der Waals surface area contributed by atoms with Crippen molar-refractivity contribution in [3.8, 4) is 0 Å². The van der Waals surface area contributed by atoms with Gasteiger partial charge in [0.15, 0.2) is 12.6 Å². The number of ether oxygens (including phenoxy) is 4. The predicted molar refractivity (Wildman–Crippen MR) is 332 cm³/mol. The van der Waals surface area contributed by atoms with Crippen molar-refractivity contribution >= 4 is 5.91 Å². The number of allylic oxidation sites excluding steroid dienone is 15. The molecule has 82 heavy (non-hydrogen) atoms. The summed E-state index contributed by atoms with van der Waals surface area (Å²) in [4.78, 5) is 13.3. The molecule has 0 bridgehead atoms. The normalized spacial score (nSPS) is 24.6. The molecule has 0 radical (unpaired) electrons. The minimum absolute atomic E-state index is 0.252. The summed E-state index contributed by atoms with van der Waals surface area (Å²) in [7, 11) is 0. The highest BCUT2D eigenvalue weighted by atomic mass is 16.7. The summed E-state index contributed by atoms with van der Waals surface area (Å²) in [5.41, 5.74) is 0. The van der Waals surface area contributed by atoms with Gasteiger partial charge < -0.3 is 65.1 Å². The lowest BCUT2D eigenvalue weighted by Crippen LogP contribution is -2.65. The highest BCUT2D eigenvalue weighted by Gasteiger charge is 2.51. The Balaban J connectivity index is 1.63. The van der Waals surface area contributed by atoms with E-state index in [0.29, 0.717) is 12.8 Å². The predicted octanol–water partition coefficient (Wildman–Crippen LogP) is 12.2. The Bertz CT molecular complexity index is 1740. The molecule has 1 amide bonds. The molecule has 9 N–H and O–H groups in total. The summed E-state index contributed by atoms with van der Waals surface area (Å²) in [5.74, 6) is -0.252. The molecule has 472 valence electrons. The lowest BCUT2D eigenvalue weighted by Gasteiger charge is -2.46. The monoisotopic (exact) mass is 1160 g/mol. The third kappa shape index (κ3) is 36.7. The number of carbonyl (C=O) groups is 1. The number of aliphatic hydroxyl groups excluding tert-OH is 8. The van der Waals surface area contributed by atoms with Gasteiger partial charge in [-0.1, -0.05) is 239 Å². The van der Waals surface area contributed by atoms with Gasteiger partial charge in [-0.3, -0.25) is 4.79 Å². The molecule has 0 aromatic carbocycles. The maximum absolute atomic E-state index is 13.3. The van der Waals surface area contributed by atoms with Crippen LogP contribution < -0.4 is 5.32 Å². The van der Waals surface area contributed by atoms with Crippen molar-refractivity contribution in [3.05, 3.63) is 97.2 Å². The molecule has 14 heteroatoms. The summed E-state index contributed by atoms with van der Waals surface area (Å²) in [6.07, 6.45) is 56.1. The van der Waals surface area contributed by atoms with Crippen LogP contribution in [-0.2, 0) is 23.7 Å². The molecule has 0 aromatic rings. The van der Waals surface area contributed by atoms with Crippen LogP contribution in [0.4, 0.5) is 0 Å². The van der Waals surface area contributed by atoms with Gasteiger partial charge >= 0.3 is 0 Å². The molecular weight excluding hydrogens is 1040 g/mol. The van der Waals surface area contributed by atoms with E-state index >= 15 is 0 Å². The van der Waals surface area contributed by atoms with Crippen LogP contribution in [0.2, 0.25) is 0 Å².